The first-order valence-corrected chi connectivity index (χ1v) is 25.8. The summed E-state index contributed by atoms with van der Waals surface area (Å²) < 4.78 is 15.4. The minimum Gasteiger partial charge on any atom is -0.486 e. The van der Waals surface area contributed by atoms with Gasteiger partial charge in [0.2, 0.25) is 0 Å². The Morgan fingerprint density at radius 1 is 0.423 bits per heavy atom. The molecule has 9 aromatic carbocycles. The fourth-order valence-electron chi connectivity index (χ4n) is 11.3. The lowest BCUT2D eigenvalue weighted by atomic mass is 9.33. The van der Waals surface area contributed by atoms with E-state index in [2.05, 4.69) is 240 Å². The number of anilines is 6. The molecule has 0 radical (unpaired) electrons. The van der Waals surface area contributed by atoms with Crippen LogP contribution in [-0.2, 0) is 10.8 Å². The van der Waals surface area contributed by atoms with Gasteiger partial charge in [-0.25, -0.2) is 0 Å². The molecule has 3 aliphatic heterocycles. The zero-order chi connectivity index (χ0) is 48.3. The van der Waals surface area contributed by atoms with Crippen molar-refractivity contribution >= 4 is 88.7 Å². The maximum absolute atomic E-state index is 6.43. The molecule has 6 heteroatoms. The Morgan fingerprint density at radius 3 is 1.61 bits per heavy atom. The zero-order valence-electron chi connectivity index (χ0n) is 41.4. The second kappa shape index (κ2) is 16.3. The molecule has 0 saturated heterocycles. The molecule has 0 unspecified atom stereocenters. The highest BCUT2D eigenvalue weighted by Crippen LogP contribution is 2.49. The molecule has 13 rings (SSSR count). The largest absolute Gasteiger partial charge is 0.486 e. The van der Waals surface area contributed by atoms with E-state index in [0.29, 0.717) is 13.2 Å². The highest BCUT2D eigenvalue weighted by Gasteiger charge is 2.44. The van der Waals surface area contributed by atoms with E-state index in [1.165, 1.54) is 98.0 Å². The third-order valence-corrected chi connectivity index (χ3v) is 16.1. The lowest BCUT2D eigenvalue weighted by molar-refractivity contribution is 0.172. The van der Waals surface area contributed by atoms with Crippen molar-refractivity contribution in [1.29, 1.82) is 0 Å². The van der Waals surface area contributed by atoms with Gasteiger partial charge >= 0.3 is 0 Å². The van der Waals surface area contributed by atoms with Crippen molar-refractivity contribution in [2.24, 2.45) is 0 Å². The van der Waals surface area contributed by atoms with E-state index in [-0.39, 0.29) is 17.5 Å². The van der Waals surface area contributed by atoms with Gasteiger partial charge in [0.25, 0.3) is 6.71 Å². The summed E-state index contributed by atoms with van der Waals surface area (Å²) in [6.45, 7) is 16.9. The van der Waals surface area contributed by atoms with Crippen LogP contribution in [0.25, 0.3) is 53.6 Å². The van der Waals surface area contributed by atoms with Gasteiger partial charge in [-0.1, -0.05) is 151 Å². The molecule has 1 aromatic heterocycles. The zero-order valence-corrected chi connectivity index (χ0v) is 42.2. The average Bonchev–Trinajstić information content (AvgIpc) is 3.76. The maximum atomic E-state index is 6.43. The standard InChI is InChI=1S/C65H55BN2O2S/c1-40-31-57-63-58(32-40)68(50-34-45(41-17-23-47(24-18-41)64(2,3)4)33-46(35-50)42-19-25-48(26-20-42)65(5,6)7)55-28-22-43(44-21-27-52-51-15-11-12-16-61(51)71-62(52)37-44)36-53(55)66(63)54-38-59-60(70-30-29-69-59)39-56(54)67(57)49-13-9-8-10-14-49/h8-28,31-39H,29-30H2,1-7H3. The van der Waals surface area contributed by atoms with Crippen LogP contribution in [0.4, 0.5) is 34.1 Å². The molecule has 0 aliphatic carbocycles. The number of fused-ring (bicyclic) bond motifs is 8. The van der Waals surface area contributed by atoms with E-state index in [4.69, 9.17) is 9.47 Å². The van der Waals surface area contributed by atoms with Gasteiger partial charge in [0.15, 0.2) is 11.5 Å². The molecule has 0 fully saturated rings. The number of ether oxygens (including phenoxy) is 2. The summed E-state index contributed by atoms with van der Waals surface area (Å²) in [6, 6.07) is 68.7. The first-order chi connectivity index (χ1) is 34.3. The van der Waals surface area contributed by atoms with E-state index in [1.807, 2.05) is 11.3 Å². The minimum atomic E-state index is -0.108. The van der Waals surface area contributed by atoms with Gasteiger partial charge < -0.3 is 19.3 Å². The first-order valence-electron chi connectivity index (χ1n) is 25.0. The summed E-state index contributed by atoms with van der Waals surface area (Å²) in [7, 11) is 0. The van der Waals surface area contributed by atoms with Gasteiger partial charge in [0, 0.05) is 60.4 Å². The Hall–Kier alpha value is -7.54. The van der Waals surface area contributed by atoms with Crippen LogP contribution in [0.2, 0.25) is 0 Å². The third kappa shape index (κ3) is 7.33. The Balaban J connectivity index is 1.08. The van der Waals surface area contributed by atoms with Gasteiger partial charge in [-0.3, -0.25) is 0 Å². The summed E-state index contributed by atoms with van der Waals surface area (Å²) >= 11 is 1.87. The van der Waals surface area contributed by atoms with Crippen molar-refractivity contribution < 1.29 is 9.47 Å². The van der Waals surface area contributed by atoms with E-state index >= 15 is 0 Å². The van der Waals surface area contributed by atoms with Crippen molar-refractivity contribution in [3.05, 3.63) is 199 Å². The number of para-hydroxylation sites is 1. The van der Waals surface area contributed by atoms with Crippen LogP contribution in [-0.4, -0.2) is 19.9 Å². The van der Waals surface area contributed by atoms with Crippen molar-refractivity contribution in [3.8, 4) is 44.9 Å². The average molecular weight is 939 g/mol. The monoisotopic (exact) mass is 938 g/mol. The quantitative estimate of drug-likeness (QED) is 0.161. The second-order valence-corrected chi connectivity index (χ2v) is 22.8. The lowest BCUT2D eigenvalue weighted by Gasteiger charge is -2.45. The summed E-state index contributed by atoms with van der Waals surface area (Å²) in [5.74, 6) is 1.58. The van der Waals surface area contributed by atoms with Crippen LogP contribution in [0.3, 0.4) is 0 Å². The van der Waals surface area contributed by atoms with E-state index in [1.54, 1.807) is 0 Å². The highest BCUT2D eigenvalue weighted by molar-refractivity contribution is 7.25. The molecule has 0 atom stereocenters. The van der Waals surface area contributed by atoms with Crippen molar-refractivity contribution in [3.63, 3.8) is 0 Å². The van der Waals surface area contributed by atoms with E-state index < -0.39 is 0 Å². The number of thiophene rings is 1. The Labute approximate surface area is 421 Å². The topological polar surface area (TPSA) is 24.9 Å². The predicted octanol–water partition coefficient (Wildman–Crippen LogP) is 15.8. The second-order valence-electron chi connectivity index (χ2n) is 21.7. The Bertz CT molecular complexity index is 3670. The van der Waals surface area contributed by atoms with Crippen LogP contribution in [0, 0.1) is 6.92 Å². The van der Waals surface area contributed by atoms with Crippen molar-refractivity contribution in [1.82, 2.24) is 0 Å². The minimum absolute atomic E-state index is 0.0475. The first kappa shape index (κ1) is 43.5. The summed E-state index contributed by atoms with van der Waals surface area (Å²) in [5, 5.41) is 2.62. The molecule has 0 amide bonds. The smallest absolute Gasteiger partial charge is 0.252 e. The molecule has 0 saturated carbocycles. The Morgan fingerprint density at radius 2 is 0.958 bits per heavy atom. The number of aryl methyl sites for hydroxylation is 1. The normalized spacial score (nSPS) is 13.9. The van der Waals surface area contributed by atoms with Crippen LogP contribution >= 0.6 is 11.3 Å². The maximum Gasteiger partial charge on any atom is 0.252 e. The molecule has 0 bridgehead atoms. The summed E-state index contributed by atoms with van der Waals surface area (Å²) in [4.78, 5) is 5.01. The van der Waals surface area contributed by atoms with Gasteiger partial charge in [-0.2, -0.15) is 0 Å². The summed E-state index contributed by atoms with van der Waals surface area (Å²) in [5.41, 5.74) is 21.6. The number of rotatable bonds is 5. The molecule has 3 aliphatic rings. The molecule has 71 heavy (non-hydrogen) atoms. The van der Waals surface area contributed by atoms with Gasteiger partial charge in [-0.15, -0.1) is 11.3 Å². The van der Waals surface area contributed by atoms with Crippen LogP contribution in [0.1, 0.15) is 58.2 Å². The lowest BCUT2D eigenvalue weighted by Crippen LogP contribution is -2.61. The SMILES string of the molecule is Cc1cc2c3c(c1)N(c1ccccc1)c1cc4c(cc1B3c1cc(-c3ccc5c(c3)sc3ccccc35)ccc1N2c1cc(-c2ccc(C(C)(C)C)cc2)cc(-c2ccc(C(C)(C)C)cc2)c1)OCCO4. The fraction of sp³-hybridized carbons (Fsp3) is 0.169. The predicted molar refractivity (Wildman–Crippen MR) is 303 cm³/mol. The number of benzene rings is 9. The van der Waals surface area contributed by atoms with Crippen LogP contribution in [0.5, 0.6) is 11.5 Å². The highest BCUT2D eigenvalue weighted by atomic mass is 32.1. The van der Waals surface area contributed by atoms with Crippen molar-refractivity contribution in [2.45, 2.75) is 59.3 Å². The van der Waals surface area contributed by atoms with Gasteiger partial charge in [0.1, 0.15) is 13.2 Å². The summed E-state index contributed by atoms with van der Waals surface area (Å²) in [6.07, 6.45) is 0. The fourth-order valence-corrected chi connectivity index (χ4v) is 12.4. The number of nitrogens with zero attached hydrogens (tertiary/aromatic N) is 2. The molecule has 4 heterocycles. The third-order valence-electron chi connectivity index (χ3n) is 14.9. The van der Waals surface area contributed by atoms with Gasteiger partial charge in [0.05, 0.1) is 0 Å². The molecular formula is C65H55BN2O2S. The molecule has 4 nitrogen and oxygen atoms in total. The van der Waals surface area contributed by atoms with Gasteiger partial charge in [-0.05, 0) is 151 Å². The van der Waals surface area contributed by atoms with Crippen molar-refractivity contribution in [2.75, 3.05) is 23.0 Å². The number of hydrogen-bond acceptors (Lipinski definition) is 5. The van der Waals surface area contributed by atoms with Crippen LogP contribution in [0.15, 0.2) is 182 Å². The van der Waals surface area contributed by atoms with E-state index in [0.717, 1.165) is 34.2 Å². The van der Waals surface area contributed by atoms with E-state index in [9.17, 15) is 0 Å². The molecule has 346 valence electrons. The number of hydrogen-bond donors (Lipinski definition) is 0. The molecule has 10 aromatic rings. The Kier molecular flexibility index (Phi) is 9.96. The molecule has 0 N–H and O–H groups in total. The van der Waals surface area contributed by atoms with Crippen LogP contribution < -0.4 is 35.7 Å². The molecular weight excluding hydrogens is 884 g/mol. The molecule has 0 spiro atoms.